The Morgan fingerprint density at radius 3 is 2.67 bits per heavy atom. The third-order valence-corrected chi connectivity index (χ3v) is 5.28. The van der Waals surface area contributed by atoms with Gasteiger partial charge in [-0.05, 0) is 24.3 Å². The highest BCUT2D eigenvalue weighted by atomic mass is 19.4. The van der Waals surface area contributed by atoms with Crippen molar-refractivity contribution >= 4 is 17.5 Å². The minimum atomic E-state index is -4.70. The lowest BCUT2D eigenvalue weighted by Crippen LogP contribution is -2.61. The normalized spacial score (nSPS) is 16.4. The van der Waals surface area contributed by atoms with Crippen LogP contribution in [-0.4, -0.2) is 72.4 Å². The number of alkyl halides is 3. The van der Waals surface area contributed by atoms with Crippen molar-refractivity contribution in [3.05, 3.63) is 47.3 Å². The highest BCUT2D eigenvalue weighted by Gasteiger charge is 2.38. The first kappa shape index (κ1) is 24.1. The summed E-state index contributed by atoms with van der Waals surface area (Å²) in [5, 5.41) is 15.8. The van der Waals surface area contributed by atoms with E-state index in [1.54, 1.807) is 24.2 Å². The van der Waals surface area contributed by atoms with E-state index in [0.717, 1.165) is 12.1 Å². The predicted molar refractivity (Wildman–Crippen MR) is 111 cm³/mol. The van der Waals surface area contributed by atoms with Crippen molar-refractivity contribution in [1.82, 2.24) is 20.0 Å². The van der Waals surface area contributed by atoms with Gasteiger partial charge < -0.3 is 19.9 Å². The zero-order chi connectivity index (χ0) is 24.2. The predicted octanol–water partition coefficient (Wildman–Crippen LogP) is 1.40. The average Bonchev–Trinajstić information content (AvgIpc) is 3.23. The summed E-state index contributed by atoms with van der Waals surface area (Å²) in [4.78, 5) is 28.9. The molecule has 2 heterocycles. The lowest BCUT2D eigenvalue weighted by Gasteiger charge is -2.41. The van der Waals surface area contributed by atoms with E-state index in [4.69, 9.17) is 10.00 Å². The van der Waals surface area contributed by atoms with E-state index >= 15 is 0 Å². The zero-order valence-electron chi connectivity index (χ0n) is 18.1. The molecule has 1 aliphatic rings. The molecule has 1 N–H and O–H groups in total. The van der Waals surface area contributed by atoms with Crippen molar-refractivity contribution in [1.29, 1.82) is 5.26 Å². The summed E-state index contributed by atoms with van der Waals surface area (Å²) in [6.45, 7) is 0.747. The highest BCUT2D eigenvalue weighted by Crippen LogP contribution is 2.35. The van der Waals surface area contributed by atoms with Gasteiger partial charge in [0.1, 0.15) is 11.7 Å². The summed E-state index contributed by atoms with van der Waals surface area (Å²) in [7, 11) is 3.14. The molecule has 9 nitrogen and oxygen atoms in total. The van der Waals surface area contributed by atoms with E-state index in [9.17, 15) is 22.8 Å². The van der Waals surface area contributed by atoms with E-state index in [2.05, 4.69) is 10.4 Å². The molecule has 0 bridgehead atoms. The van der Waals surface area contributed by atoms with Gasteiger partial charge in [-0.25, -0.2) is 0 Å². The first-order chi connectivity index (χ1) is 15.7. The Morgan fingerprint density at radius 2 is 2.06 bits per heavy atom. The van der Waals surface area contributed by atoms with Crippen LogP contribution in [0.5, 0.6) is 0 Å². The van der Waals surface area contributed by atoms with Gasteiger partial charge in [0, 0.05) is 52.2 Å². The Kier molecular flexibility index (Phi) is 7.23. The second-order valence-corrected chi connectivity index (χ2v) is 7.46. The molecule has 2 amide bonds. The van der Waals surface area contributed by atoms with Crippen LogP contribution in [0.2, 0.25) is 0 Å². The summed E-state index contributed by atoms with van der Waals surface area (Å²) in [6.07, 6.45) is -3.10. The lowest BCUT2D eigenvalue weighted by molar-refractivity contribution is -0.137. The lowest BCUT2D eigenvalue weighted by atomic mass is 10.0. The molecule has 0 saturated carbocycles. The molecule has 1 aromatic carbocycles. The second-order valence-electron chi connectivity index (χ2n) is 7.46. The SMILES string of the molecule is COCCNC(=O)C1CN(c2ccc(C#N)c(C(F)(F)F)c2)CCN1C(=O)c1ccn(C)n1. The minimum Gasteiger partial charge on any atom is -0.383 e. The number of piperazine rings is 1. The van der Waals surface area contributed by atoms with Crippen LogP contribution in [0.15, 0.2) is 30.5 Å². The van der Waals surface area contributed by atoms with Crippen LogP contribution in [0.4, 0.5) is 18.9 Å². The van der Waals surface area contributed by atoms with E-state index in [0.29, 0.717) is 0 Å². The summed E-state index contributed by atoms with van der Waals surface area (Å²) >= 11 is 0. The van der Waals surface area contributed by atoms with Crippen molar-refractivity contribution in [2.45, 2.75) is 12.2 Å². The Bertz CT molecular complexity index is 1060. The fourth-order valence-corrected chi connectivity index (χ4v) is 3.62. The van der Waals surface area contributed by atoms with E-state index in [1.807, 2.05) is 0 Å². The molecule has 1 aliphatic heterocycles. The molecule has 0 spiro atoms. The zero-order valence-corrected chi connectivity index (χ0v) is 18.1. The van der Waals surface area contributed by atoms with Gasteiger partial charge in [0.25, 0.3) is 5.91 Å². The van der Waals surface area contributed by atoms with Gasteiger partial charge in [-0.2, -0.15) is 23.5 Å². The van der Waals surface area contributed by atoms with Crippen LogP contribution in [-0.2, 0) is 22.8 Å². The number of anilines is 1. The third-order valence-electron chi connectivity index (χ3n) is 5.28. The largest absolute Gasteiger partial charge is 0.417 e. The molecule has 0 radical (unpaired) electrons. The summed E-state index contributed by atoms with van der Waals surface area (Å²) in [5.74, 6) is -0.899. The number of methoxy groups -OCH3 is 1. The van der Waals surface area contributed by atoms with Crippen LogP contribution in [0, 0.1) is 11.3 Å². The maximum Gasteiger partial charge on any atom is 0.417 e. The number of ether oxygens (including phenoxy) is 1. The van der Waals surface area contributed by atoms with Gasteiger partial charge in [-0.1, -0.05) is 0 Å². The topological polar surface area (TPSA) is 103 Å². The quantitative estimate of drug-likeness (QED) is 0.649. The molecule has 2 aromatic rings. The molecular weight excluding hydrogens is 441 g/mol. The molecule has 1 unspecified atom stereocenters. The molecule has 176 valence electrons. The number of nitriles is 1. The molecule has 0 aliphatic carbocycles. The van der Waals surface area contributed by atoms with Crippen molar-refractivity contribution in [2.75, 3.05) is 44.8 Å². The monoisotopic (exact) mass is 464 g/mol. The fraction of sp³-hybridized carbons (Fsp3) is 0.429. The van der Waals surface area contributed by atoms with Gasteiger partial charge in [-0.3, -0.25) is 14.3 Å². The number of aryl methyl sites for hydroxylation is 1. The van der Waals surface area contributed by atoms with Crippen LogP contribution < -0.4 is 10.2 Å². The number of hydrogen-bond acceptors (Lipinski definition) is 6. The van der Waals surface area contributed by atoms with Gasteiger partial charge in [0.2, 0.25) is 5.91 Å². The number of nitrogens with one attached hydrogen (secondary N) is 1. The van der Waals surface area contributed by atoms with Crippen LogP contribution in [0.25, 0.3) is 0 Å². The van der Waals surface area contributed by atoms with Gasteiger partial charge in [0.05, 0.1) is 23.8 Å². The number of hydrogen-bond donors (Lipinski definition) is 1. The molecule has 1 saturated heterocycles. The number of carbonyl (C=O) groups is 2. The molecule has 33 heavy (non-hydrogen) atoms. The Labute approximate surface area is 188 Å². The number of aromatic nitrogens is 2. The number of nitrogens with zero attached hydrogens (tertiary/aromatic N) is 5. The Hall–Kier alpha value is -3.59. The smallest absolute Gasteiger partial charge is 0.383 e. The number of rotatable bonds is 6. The molecule has 1 aromatic heterocycles. The van der Waals surface area contributed by atoms with E-state index < -0.39 is 35.2 Å². The van der Waals surface area contributed by atoms with Crippen molar-refractivity contribution in [3.63, 3.8) is 0 Å². The molecule has 1 fully saturated rings. The summed E-state index contributed by atoms with van der Waals surface area (Å²) < 4.78 is 46.6. The number of benzene rings is 1. The molecule has 3 rings (SSSR count). The minimum absolute atomic E-state index is 0.0272. The van der Waals surface area contributed by atoms with Gasteiger partial charge in [0.15, 0.2) is 0 Å². The summed E-state index contributed by atoms with van der Waals surface area (Å²) in [5.41, 5.74) is -1.15. The van der Waals surface area contributed by atoms with E-state index in [-0.39, 0.29) is 44.2 Å². The van der Waals surface area contributed by atoms with Crippen LogP contribution in [0.3, 0.4) is 0 Å². The maximum absolute atomic E-state index is 13.4. The molecule has 1 atom stereocenters. The first-order valence-corrected chi connectivity index (χ1v) is 10.1. The molecular formula is C21H23F3N6O3. The first-order valence-electron chi connectivity index (χ1n) is 10.1. The van der Waals surface area contributed by atoms with Crippen molar-refractivity contribution < 1.29 is 27.5 Å². The van der Waals surface area contributed by atoms with Gasteiger partial charge >= 0.3 is 6.18 Å². The highest BCUT2D eigenvalue weighted by molar-refractivity contribution is 5.96. The van der Waals surface area contributed by atoms with Gasteiger partial charge in [-0.15, -0.1) is 0 Å². The van der Waals surface area contributed by atoms with Crippen molar-refractivity contribution in [3.8, 4) is 6.07 Å². The number of amides is 2. The standard InChI is InChI=1S/C21H23F3N6O3/c1-28-7-5-17(27-28)20(32)30-9-8-29(13-18(30)19(31)26-6-10-33-2)15-4-3-14(12-25)16(11-15)21(22,23)24/h3-5,7,11,18H,6,8-10,13H2,1-2H3,(H,26,31). The van der Waals surface area contributed by atoms with E-state index in [1.165, 1.54) is 28.8 Å². The van der Waals surface area contributed by atoms with Crippen LogP contribution >= 0.6 is 0 Å². The fourth-order valence-electron chi connectivity index (χ4n) is 3.62. The average molecular weight is 464 g/mol. The second kappa shape index (κ2) is 9.91. The number of halogens is 3. The Balaban J connectivity index is 1.88. The Morgan fingerprint density at radius 1 is 1.30 bits per heavy atom. The molecule has 12 heteroatoms. The summed E-state index contributed by atoms with van der Waals surface area (Å²) in [6, 6.07) is 5.54. The maximum atomic E-state index is 13.4. The van der Waals surface area contributed by atoms with Crippen LogP contribution in [0.1, 0.15) is 21.6 Å². The number of carbonyl (C=O) groups excluding carboxylic acids is 2. The third kappa shape index (κ3) is 5.43. The van der Waals surface area contributed by atoms with Crippen molar-refractivity contribution in [2.24, 2.45) is 7.05 Å².